The number of H-pyrrole nitrogens is 1. The summed E-state index contributed by atoms with van der Waals surface area (Å²) in [5.74, 6) is 1.05. The van der Waals surface area contributed by atoms with Crippen molar-refractivity contribution in [2.24, 2.45) is 0 Å². The van der Waals surface area contributed by atoms with Crippen LogP contribution in [0.1, 0.15) is 74.6 Å². The highest BCUT2D eigenvalue weighted by Gasteiger charge is 2.25. The standard InChI is InChI=1S/C29H38N6O/c1-17(2)27-23-13-22(21-9-11-34(12-10-21)26(36)14-30-18(3)4)7-8-25(23)33-28(27)24-15-35-29(31-16-32-35)20(6)19(24)5/h7-8,13,15-18,21,30,33H,9-12,14H2,1-6H3. The topological polar surface area (TPSA) is 78.3 Å². The van der Waals surface area contributed by atoms with Gasteiger partial charge in [0.25, 0.3) is 0 Å². The molecule has 190 valence electrons. The fourth-order valence-corrected chi connectivity index (χ4v) is 5.62. The summed E-state index contributed by atoms with van der Waals surface area (Å²) >= 11 is 0. The van der Waals surface area contributed by atoms with Gasteiger partial charge < -0.3 is 15.2 Å². The van der Waals surface area contributed by atoms with Gasteiger partial charge in [0.05, 0.1) is 12.2 Å². The highest BCUT2D eigenvalue weighted by molar-refractivity contribution is 5.92. The normalized spacial score (nSPS) is 15.2. The van der Waals surface area contributed by atoms with Crippen LogP contribution in [0, 0.1) is 13.8 Å². The Labute approximate surface area is 213 Å². The van der Waals surface area contributed by atoms with E-state index in [1.54, 1.807) is 6.33 Å². The van der Waals surface area contributed by atoms with E-state index in [9.17, 15) is 4.79 Å². The van der Waals surface area contributed by atoms with Gasteiger partial charge in [0.15, 0.2) is 5.65 Å². The summed E-state index contributed by atoms with van der Waals surface area (Å²) in [6.45, 7) is 15.1. The number of piperidine rings is 1. The number of nitrogens with one attached hydrogen (secondary N) is 2. The maximum Gasteiger partial charge on any atom is 0.236 e. The second-order valence-electron chi connectivity index (χ2n) is 10.9. The highest BCUT2D eigenvalue weighted by atomic mass is 16.2. The predicted molar refractivity (Wildman–Crippen MR) is 146 cm³/mol. The summed E-state index contributed by atoms with van der Waals surface area (Å²) in [5, 5.41) is 8.96. The number of carbonyl (C=O) groups is 1. The summed E-state index contributed by atoms with van der Waals surface area (Å²) in [6.07, 6.45) is 5.73. The van der Waals surface area contributed by atoms with Crippen LogP contribution in [0.25, 0.3) is 27.8 Å². The van der Waals surface area contributed by atoms with Crippen LogP contribution in [0.2, 0.25) is 0 Å². The summed E-state index contributed by atoms with van der Waals surface area (Å²) in [4.78, 5) is 22.7. The Bertz CT molecular complexity index is 1400. The van der Waals surface area contributed by atoms with E-state index in [0.29, 0.717) is 24.4 Å². The number of aromatic amines is 1. The predicted octanol–water partition coefficient (Wildman–Crippen LogP) is 5.32. The molecule has 0 spiro atoms. The minimum Gasteiger partial charge on any atom is -0.354 e. The molecule has 2 N–H and O–H groups in total. The van der Waals surface area contributed by atoms with E-state index < -0.39 is 0 Å². The number of amides is 1. The van der Waals surface area contributed by atoms with Gasteiger partial charge in [-0.15, -0.1) is 0 Å². The van der Waals surface area contributed by atoms with Gasteiger partial charge >= 0.3 is 0 Å². The van der Waals surface area contributed by atoms with Gasteiger partial charge in [0, 0.05) is 41.8 Å². The van der Waals surface area contributed by atoms with Gasteiger partial charge in [0.1, 0.15) is 6.33 Å². The number of benzene rings is 1. The summed E-state index contributed by atoms with van der Waals surface area (Å²) in [5.41, 5.74) is 9.54. The van der Waals surface area contributed by atoms with Gasteiger partial charge in [-0.2, -0.15) is 5.10 Å². The molecule has 3 aromatic heterocycles. The number of aryl methyl sites for hydroxylation is 1. The Morgan fingerprint density at radius 3 is 2.58 bits per heavy atom. The molecule has 0 aliphatic carbocycles. The molecule has 0 radical (unpaired) electrons. The Hall–Kier alpha value is -3.19. The van der Waals surface area contributed by atoms with E-state index >= 15 is 0 Å². The van der Waals surface area contributed by atoms with Crippen LogP contribution in [0.5, 0.6) is 0 Å². The summed E-state index contributed by atoms with van der Waals surface area (Å²) in [7, 11) is 0. The molecule has 0 bridgehead atoms. The molecule has 1 aliphatic heterocycles. The lowest BCUT2D eigenvalue weighted by molar-refractivity contribution is -0.131. The molecule has 1 aromatic carbocycles. The molecule has 7 heteroatoms. The SMILES string of the molecule is Cc1c(-c2[nH]c3ccc(C4CCN(C(=O)CNC(C)C)CC4)cc3c2C(C)C)cn2ncnc2c1C. The van der Waals surface area contributed by atoms with Crippen LogP contribution in [0.3, 0.4) is 0 Å². The van der Waals surface area contributed by atoms with Gasteiger partial charge in [-0.25, -0.2) is 9.50 Å². The average molecular weight is 487 g/mol. The van der Waals surface area contributed by atoms with Crippen molar-refractivity contribution in [2.45, 2.75) is 72.3 Å². The van der Waals surface area contributed by atoms with Crippen LogP contribution in [-0.2, 0) is 4.79 Å². The lowest BCUT2D eigenvalue weighted by atomic mass is 9.87. The Morgan fingerprint density at radius 2 is 1.89 bits per heavy atom. The molecule has 0 atom stereocenters. The van der Waals surface area contributed by atoms with E-state index in [-0.39, 0.29) is 5.91 Å². The van der Waals surface area contributed by atoms with Crippen molar-refractivity contribution >= 4 is 22.5 Å². The van der Waals surface area contributed by atoms with Crippen molar-refractivity contribution in [1.29, 1.82) is 0 Å². The fraction of sp³-hybridized carbons (Fsp3) is 0.483. The molecule has 1 saturated heterocycles. The number of hydrogen-bond donors (Lipinski definition) is 2. The van der Waals surface area contributed by atoms with Crippen LogP contribution in [-0.4, -0.2) is 56.1 Å². The van der Waals surface area contributed by atoms with Crippen LogP contribution >= 0.6 is 0 Å². The van der Waals surface area contributed by atoms with Crippen LogP contribution < -0.4 is 5.32 Å². The minimum atomic E-state index is 0.213. The van der Waals surface area contributed by atoms with Crippen molar-refractivity contribution in [3.63, 3.8) is 0 Å². The summed E-state index contributed by atoms with van der Waals surface area (Å²) in [6, 6.07) is 7.22. The Kier molecular flexibility index (Phi) is 6.60. The molecule has 0 saturated carbocycles. The molecule has 4 aromatic rings. The first kappa shape index (κ1) is 24.5. The second-order valence-corrected chi connectivity index (χ2v) is 10.9. The maximum absolute atomic E-state index is 12.5. The lowest BCUT2D eigenvalue weighted by Crippen LogP contribution is -2.43. The summed E-state index contributed by atoms with van der Waals surface area (Å²) < 4.78 is 1.88. The molecule has 0 unspecified atom stereocenters. The van der Waals surface area contributed by atoms with E-state index in [1.165, 1.54) is 38.9 Å². The Balaban J connectivity index is 1.45. The number of likely N-dealkylation sites (tertiary alicyclic amines) is 1. The minimum absolute atomic E-state index is 0.213. The first-order valence-corrected chi connectivity index (χ1v) is 13.2. The number of hydrogen-bond acceptors (Lipinski definition) is 4. The third kappa shape index (κ3) is 4.41. The van der Waals surface area contributed by atoms with Gasteiger partial charge in [-0.3, -0.25) is 4.79 Å². The second kappa shape index (κ2) is 9.69. The molecule has 36 heavy (non-hydrogen) atoms. The van der Waals surface area contributed by atoms with Crippen molar-refractivity contribution in [3.8, 4) is 11.3 Å². The smallest absolute Gasteiger partial charge is 0.236 e. The zero-order valence-electron chi connectivity index (χ0n) is 22.4. The third-order valence-corrected chi connectivity index (χ3v) is 7.82. The molecule has 1 fully saturated rings. The van der Waals surface area contributed by atoms with Crippen molar-refractivity contribution < 1.29 is 4.79 Å². The molecular formula is C29H38N6O. The zero-order chi connectivity index (χ0) is 25.6. The van der Waals surface area contributed by atoms with Crippen LogP contribution in [0.4, 0.5) is 0 Å². The molecular weight excluding hydrogens is 448 g/mol. The van der Waals surface area contributed by atoms with E-state index in [2.05, 4.69) is 86.3 Å². The first-order valence-electron chi connectivity index (χ1n) is 13.2. The quantitative estimate of drug-likeness (QED) is 0.387. The van der Waals surface area contributed by atoms with E-state index in [4.69, 9.17) is 0 Å². The zero-order valence-corrected chi connectivity index (χ0v) is 22.4. The Morgan fingerprint density at radius 1 is 1.14 bits per heavy atom. The highest BCUT2D eigenvalue weighted by Crippen LogP contribution is 2.39. The third-order valence-electron chi connectivity index (χ3n) is 7.82. The number of carbonyl (C=O) groups excluding carboxylic acids is 1. The average Bonchev–Trinajstić information content (AvgIpc) is 3.49. The van der Waals surface area contributed by atoms with E-state index in [1.807, 2.05) is 9.42 Å². The van der Waals surface area contributed by atoms with Crippen molar-refractivity contribution in [2.75, 3.05) is 19.6 Å². The van der Waals surface area contributed by atoms with Crippen molar-refractivity contribution in [1.82, 2.24) is 29.8 Å². The van der Waals surface area contributed by atoms with E-state index in [0.717, 1.165) is 37.1 Å². The number of fused-ring (bicyclic) bond motifs is 2. The molecule has 4 heterocycles. The van der Waals surface area contributed by atoms with Gasteiger partial charge in [-0.1, -0.05) is 33.8 Å². The largest absolute Gasteiger partial charge is 0.354 e. The number of rotatable bonds is 6. The van der Waals surface area contributed by atoms with Gasteiger partial charge in [0.2, 0.25) is 5.91 Å². The number of nitrogens with zero attached hydrogens (tertiary/aromatic N) is 4. The number of pyridine rings is 1. The first-order chi connectivity index (χ1) is 17.2. The number of aromatic nitrogens is 4. The fourth-order valence-electron chi connectivity index (χ4n) is 5.62. The molecule has 1 aliphatic rings. The van der Waals surface area contributed by atoms with Gasteiger partial charge in [-0.05, 0) is 72.9 Å². The molecule has 5 rings (SSSR count). The maximum atomic E-state index is 12.5. The molecule has 1 amide bonds. The molecule has 7 nitrogen and oxygen atoms in total. The monoisotopic (exact) mass is 486 g/mol. The lowest BCUT2D eigenvalue weighted by Gasteiger charge is -2.32. The van der Waals surface area contributed by atoms with Crippen LogP contribution in [0.15, 0.2) is 30.7 Å². The van der Waals surface area contributed by atoms with Crippen molar-refractivity contribution in [3.05, 3.63) is 53.0 Å².